The summed E-state index contributed by atoms with van der Waals surface area (Å²) in [5.74, 6) is -1.33. The van der Waals surface area contributed by atoms with Crippen LogP contribution in [-0.4, -0.2) is 46.0 Å². The number of fused-ring (bicyclic) bond motifs is 2. The number of aromatic nitrogens is 1. The van der Waals surface area contributed by atoms with Crippen molar-refractivity contribution in [2.45, 2.75) is 37.4 Å². The van der Waals surface area contributed by atoms with Gasteiger partial charge in [0.05, 0.1) is 18.1 Å². The van der Waals surface area contributed by atoms with Gasteiger partial charge in [-0.3, -0.25) is 0 Å². The highest BCUT2D eigenvalue weighted by Gasteiger charge is 2.51. The second-order valence-electron chi connectivity index (χ2n) is 6.85. The maximum Gasteiger partial charge on any atom is 0.357 e. The van der Waals surface area contributed by atoms with Gasteiger partial charge in [-0.15, -0.1) is 0 Å². The minimum Gasteiger partial charge on any atom is -0.482 e. The largest absolute Gasteiger partial charge is 0.482 e. The van der Waals surface area contributed by atoms with E-state index in [9.17, 15) is 9.59 Å². The Balaban J connectivity index is 1.58. The summed E-state index contributed by atoms with van der Waals surface area (Å²) in [6, 6.07) is 7.32. The zero-order chi connectivity index (χ0) is 19.0. The van der Waals surface area contributed by atoms with Gasteiger partial charge in [0.15, 0.2) is 12.3 Å². The Bertz CT molecular complexity index is 861. The Hall–Kier alpha value is -2.87. The summed E-state index contributed by atoms with van der Waals surface area (Å²) in [6.07, 6.45) is 3.56. The second-order valence-corrected chi connectivity index (χ2v) is 6.85. The highest BCUT2D eigenvalue weighted by atomic mass is 16.5. The van der Waals surface area contributed by atoms with Crippen molar-refractivity contribution in [1.29, 1.82) is 0 Å². The molecule has 4 rings (SSSR count). The molecule has 1 aromatic carbocycles. The number of hydrogen-bond donors (Lipinski definition) is 2. The molecule has 4 atom stereocenters. The molecule has 1 aromatic heterocycles. The normalized spacial score (nSPS) is 26.2. The van der Waals surface area contributed by atoms with Crippen LogP contribution in [0.2, 0.25) is 0 Å². The van der Waals surface area contributed by atoms with E-state index in [2.05, 4.69) is 4.98 Å². The van der Waals surface area contributed by atoms with Crippen LogP contribution in [-0.2, 0) is 16.0 Å². The predicted molar refractivity (Wildman–Crippen MR) is 90.9 cm³/mol. The highest BCUT2D eigenvalue weighted by molar-refractivity contribution is 5.84. The second kappa shape index (κ2) is 7.03. The Morgan fingerprint density at radius 2 is 1.96 bits per heavy atom. The molecule has 0 aliphatic carbocycles. The van der Waals surface area contributed by atoms with Crippen molar-refractivity contribution in [1.82, 2.24) is 4.98 Å². The number of oxazole rings is 1. The first kappa shape index (κ1) is 17.5. The molecule has 8 heteroatoms. The molecule has 3 heterocycles. The average Bonchev–Trinajstić information content (AvgIpc) is 3.36. The van der Waals surface area contributed by atoms with Crippen molar-refractivity contribution < 1.29 is 33.7 Å². The van der Waals surface area contributed by atoms with Crippen LogP contribution >= 0.6 is 0 Å². The summed E-state index contributed by atoms with van der Waals surface area (Å²) in [7, 11) is 0. The molecule has 27 heavy (non-hydrogen) atoms. The number of carbonyl (C=O) groups is 2. The van der Waals surface area contributed by atoms with Gasteiger partial charge in [-0.05, 0) is 30.9 Å². The number of nitrogens with zero attached hydrogens (tertiary/aromatic N) is 1. The maximum absolute atomic E-state index is 11.1. The van der Waals surface area contributed by atoms with Gasteiger partial charge in [0.1, 0.15) is 12.0 Å². The Kier molecular flexibility index (Phi) is 4.57. The highest BCUT2D eigenvalue weighted by Crippen LogP contribution is 2.50. The fourth-order valence-corrected chi connectivity index (χ4v) is 4.12. The smallest absolute Gasteiger partial charge is 0.357 e. The first-order valence-corrected chi connectivity index (χ1v) is 8.79. The van der Waals surface area contributed by atoms with E-state index in [4.69, 9.17) is 24.1 Å². The standard InChI is InChI=1S/C19H19NO7/c21-16(22)9-25-13-4-2-1-3-10(13)7-11-14-5-6-15(27-14)17(11)18-20-12(8-26-18)19(23)24/h1-4,8,11,14-15,17H,5-7,9H2,(H,21,22)(H,23,24). The number of ether oxygens (including phenoxy) is 2. The number of carboxylic acid groups (broad SMARTS) is 2. The molecule has 0 amide bonds. The molecule has 0 radical (unpaired) electrons. The molecule has 2 aromatic rings. The zero-order valence-electron chi connectivity index (χ0n) is 14.4. The molecular weight excluding hydrogens is 354 g/mol. The van der Waals surface area contributed by atoms with Crippen molar-refractivity contribution in [3.05, 3.63) is 47.7 Å². The topological polar surface area (TPSA) is 119 Å². The van der Waals surface area contributed by atoms with Crippen LogP contribution in [0.5, 0.6) is 5.75 Å². The summed E-state index contributed by atoms with van der Waals surface area (Å²) in [6.45, 7) is -0.407. The third-order valence-corrected chi connectivity index (χ3v) is 5.23. The van der Waals surface area contributed by atoms with Gasteiger partial charge < -0.3 is 24.1 Å². The first-order chi connectivity index (χ1) is 13.0. The molecule has 142 valence electrons. The molecule has 2 bridgehead atoms. The van der Waals surface area contributed by atoms with Crippen molar-refractivity contribution in [3.63, 3.8) is 0 Å². The van der Waals surface area contributed by atoms with Crippen LogP contribution in [0.3, 0.4) is 0 Å². The third kappa shape index (κ3) is 3.40. The molecule has 2 fully saturated rings. The fourth-order valence-electron chi connectivity index (χ4n) is 4.12. The van der Waals surface area contributed by atoms with E-state index in [1.165, 1.54) is 0 Å². The number of para-hydroxylation sites is 1. The van der Waals surface area contributed by atoms with Gasteiger partial charge >= 0.3 is 11.9 Å². The van der Waals surface area contributed by atoms with Crippen molar-refractivity contribution in [2.75, 3.05) is 6.61 Å². The van der Waals surface area contributed by atoms with Crippen LogP contribution in [0.1, 0.15) is 40.7 Å². The van der Waals surface area contributed by atoms with Crippen LogP contribution in [0.15, 0.2) is 34.9 Å². The summed E-state index contributed by atoms with van der Waals surface area (Å²) in [5.41, 5.74) is 0.770. The van der Waals surface area contributed by atoms with E-state index in [-0.39, 0.29) is 29.7 Å². The number of benzene rings is 1. The molecule has 2 saturated heterocycles. The minimum atomic E-state index is -1.13. The summed E-state index contributed by atoms with van der Waals surface area (Å²) < 4.78 is 16.9. The molecule has 0 saturated carbocycles. The van der Waals surface area contributed by atoms with Crippen molar-refractivity contribution in [3.8, 4) is 5.75 Å². The van der Waals surface area contributed by atoms with E-state index in [0.29, 0.717) is 18.1 Å². The van der Waals surface area contributed by atoms with Crippen molar-refractivity contribution in [2.24, 2.45) is 5.92 Å². The molecular formula is C19H19NO7. The van der Waals surface area contributed by atoms with E-state index in [1.54, 1.807) is 12.1 Å². The van der Waals surface area contributed by atoms with Crippen LogP contribution in [0.4, 0.5) is 0 Å². The van der Waals surface area contributed by atoms with E-state index in [0.717, 1.165) is 24.7 Å². The molecule has 0 spiro atoms. The number of carboxylic acids is 2. The van der Waals surface area contributed by atoms with Gasteiger partial charge in [-0.2, -0.15) is 0 Å². The lowest BCUT2D eigenvalue weighted by atomic mass is 9.76. The quantitative estimate of drug-likeness (QED) is 0.759. The zero-order valence-corrected chi connectivity index (χ0v) is 14.4. The lowest BCUT2D eigenvalue weighted by Crippen LogP contribution is -2.28. The van der Waals surface area contributed by atoms with Crippen LogP contribution in [0, 0.1) is 5.92 Å². The summed E-state index contributed by atoms with van der Waals surface area (Å²) in [4.78, 5) is 26.1. The minimum absolute atomic E-state index is 0.0349. The fraction of sp³-hybridized carbons (Fsp3) is 0.421. The van der Waals surface area contributed by atoms with Gasteiger partial charge in [-0.25, -0.2) is 14.6 Å². The van der Waals surface area contributed by atoms with Crippen LogP contribution < -0.4 is 4.74 Å². The Morgan fingerprint density at radius 1 is 1.19 bits per heavy atom. The van der Waals surface area contributed by atoms with Gasteiger partial charge in [0.25, 0.3) is 0 Å². The first-order valence-electron chi connectivity index (χ1n) is 8.79. The molecule has 4 unspecified atom stereocenters. The maximum atomic E-state index is 11.1. The molecule has 2 aliphatic rings. The summed E-state index contributed by atoms with van der Waals surface area (Å²) in [5, 5.41) is 18.0. The molecule has 8 nitrogen and oxygen atoms in total. The number of rotatable bonds is 7. The molecule has 2 aliphatic heterocycles. The number of aromatic carboxylic acids is 1. The average molecular weight is 373 g/mol. The number of hydrogen-bond acceptors (Lipinski definition) is 6. The van der Waals surface area contributed by atoms with E-state index < -0.39 is 18.5 Å². The van der Waals surface area contributed by atoms with Gasteiger partial charge in [0, 0.05) is 5.92 Å². The lowest BCUT2D eigenvalue weighted by Gasteiger charge is -2.26. The van der Waals surface area contributed by atoms with Gasteiger partial charge in [-0.1, -0.05) is 18.2 Å². The van der Waals surface area contributed by atoms with E-state index >= 15 is 0 Å². The third-order valence-electron chi connectivity index (χ3n) is 5.23. The van der Waals surface area contributed by atoms with Crippen molar-refractivity contribution >= 4 is 11.9 Å². The molecule has 2 N–H and O–H groups in total. The number of aliphatic carboxylic acids is 1. The summed E-state index contributed by atoms with van der Waals surface area (Å²) >= 11 is 0. The lowest BCUT2D eigenvalue weighted by molar-refractivity contribution is -0.139. The Labute approximate surface area is 154 Å². The monoisotopic (exact) mass is 373 g/mol. The Morgan fingerprint density at radius 3 is 2.70 bits per heavy atom. The SMILES string of the molecule is O=C(O)COc1ccccc1CC1C2CCC(O2)C1c1nc(C(=O)O)co1. The van der Waals surface area contributed by atoms with E-state index in [1.807, 2.05) is 12.1 Å². The van der Waals surface area contributed by atoms with Crippen LogP contribution in [0.25, 0.3) is 0 Å². The van der Waals surface area contributed by atoms with Gasteiger partial charge in [0.2, 0.25) is 5.89 Å². The predicted octanol–water partition coefficient (Wildman–Crippen LogP) is 2.34.